The molecule has 0 unspecified atom stereocenters. The zero-order valence-corrected chi connectivity index (χ0v) is 13.4. The van der Waals surface area contributed by atoms with E-state index < -0.39 is 23.4 Å². The van der Waals surface area contributed by atoms with Crippen molar-refractivity contribution in [2.45, 2.75) is 6.54 Å². The van der Waals surface area contributed by atoms with Gasteiger partial charge in [0, 0.05) is 28.9 Å². The fraction of sp³-hybridized carbons (Fsp3) is 0.0500. The second-order valence-electron chi connectivity index (χ2n) is 5.98. The predicted molar refractivity (Wildman–Crippen MR) is 92.2 cm³/mol. The van der Waals surface area contributed by atoms with Gasteiger partial charge in [-0.15, -0.1) is 0 Å². The molecule has 4 rings (SSSR count). The lowest BCUT2D eigenvalue weighted by molar-refractivity contribution is 0.100. The van der Waals surface area contributed by atoms with Crippen LogP contribution in [0, 0.1) is 23.5 Å². The molecule has 0 aliphatic carbocycles. The summed E-state index contributed by atoms with van der Waals surface area (Å²) in [4.78, 5) is 11.8. The molecule has 1 amide bonds. The van der Waals surface area contributed by atoms with Crippen molar-refractivity contribution in [3.8, 4) is 0 Å². The van der Waals surface area contributed by atoms with E-state index in [9.17, 15) is 18.0 Å². The number of aromatic nitrogens is 1. The Balaban J connectivity index is 2.07. The van der Waals surface area contributed by atoms with E-state index in [0.29, 0.717) is 21.9 Å². The van der Waals surface area contributed by atoms with Crippen LogP contribution in [0.4, 0.5) is 13.2 Å². The van der Waals surface area contributed by atoms with E-state index in [1.165, 1.54) is 24.3 Å². The van der Waals surface area contributed by atoms with E-state index in [4.69, 9.17) is 5.73 Å². The lowest BCUT2D eigenvalue weighted by Gasteiger charge is -2.09. The lowest BCUT2D eigenvalue weighted by Crippen LogP contribution is -2.11. The first-order valence-electron chi connectivity index (χ1n) is 7.81. The molecule has 0 aliphatic heterocycles. The van der Waals surface area contributed by atoms with Crippen molar-refractivity contribution in [1.29, 1.82) is 0 Å². The molecule has 1 heterocycles. The predicted octanol–water partition coefficient (Wildman–Crippen LogP) is 4.16. The van der Waals surface area contributed by atoms with Crippen LogP contribution in [0.1, 0.15) is 15.9 Å². The first-order valence-corrected chi connectivity index (χ1v) is 7.81. The Morgan fingerprint density at radius 1 is 1.08 bits per heavy atom. The van der Waals surface area contributed by atoms with E-state index in [0.717, 1.165) is 6.07 Å². The molecule has 0 saturated carbocycles. The molecule has 0 bridgehead atoms. The van der Waals surface area contributed by atoms with Gasteiger partial charge in [0.15, 0.2) is 0 Å². The Morgan fingerprint density at radius 2 is 1.81 bits per heavy atom. The van der Waals surface area contributed by atoms with Crippen molar-refractivity contribution in [3.63, 3.8) is 0 Å². The molecule has 2 N–H and O–H groups in total. The van der Waals surface area contributed by atoms with Crippen LogP contribution >= 0.6 is 0 Å². The molecule has 6 heteroatoms. The summed E-state index contributed by atoms with van der Waals surface area (Å²) < 4.78 is 43.2. The van der Waals surface area contributed by atoms with E-state index in [2.05, 4.69) is 6.07 Å². The molecule has 0 saturated heterocycles. The van der Waals surface area contributed by atoms with Crippen molar-refractivity contribution in [2.24, 2.45) is 5.73 Å². The van der Waals surface area contributed by atoms with Gasteiger partial charge in [0.25, 0.3) is 0 Å². The third kappa shape index (κ3) is 2.50. The first kappa shape index (κ1) is 16.2. The smallest absolute Gasteiger partial charge is 0.249 e. The summed E-state index contributed by atoms with van der Waals surface area (Å²) in [6.45, 7) is 0.0195. The summed E-state index contributed by atoms with van der Waals surface area (Å²) >= 11 is 0. The lowest BCUT2D eigenvalue weighted by atomic mass is 10.1. The van der Waals surface area contributed by atoms with E-state index in [1.54, 1.807) is 22.8 Å². The SMILES string of the molecule is NC(=O)c1cccc2c1c1[c]ccc(F)c1n2Cc1cc(F)cc(F)c1. The van der Waals surface area contributed by atoms with Gasteiger partial charge in [-0.3, -0.25) is 4.79 Å². The van der Waals surface area contributed by atoms with Gasteiger partial charge in [-0.25, -0.2) is 13.2 Å². The zero-order chi connectivity index (χ0) is 18.4. The minimum atomic E-state index is -0.717. The van der Waals surface area contributed by atoms with Gasteiger partial charge in [-0.1, -0.05) is 12.1 Å². The van der Waals surface area contributed by atoms with Crippen LogP contribution < -0.4 is 5.73 Å². The van der Waals surface area contributed by atoms with E-state index >= 15 is 0 Å². The van der Waals surface area contributed by atoms with Crippen LogP contribution in [0.3, 0.4) is 0 Å². The number of fused-ring (bicyclic) bond motifs is 3. The van der Waals surface area contributed by atoms with Gasteiger partial charge in [-0.05, 0) is 42.0 Å². The number of nitrogens with two attached hydrogens (primary N) is 1. The second kappa shape index (κ2) is 5.91. The van der Waals surface area contributed by atoms with Crippen LogP contribution in [-0.4, -0.2) is 10.5 Å². The molecule has 129 valence electrons. The molecule has 0 aliphatic rings. The third-order valence-electron chi connectivity index (χ3n) is 4.30. The first-order chi connectivity index (χ1) is 12.5. The number of nitrogens with zero attached hydrogens (tertiary/aromatic N) is 1. The standard InChI is InChI=1S/C20H12F3N2O/c21-12-7-11(8-13(22)9-12)10-25-17-6-2-4-15(20(24)26)18(17)14-3-1-5-16(23)19(14)25/h1-2,4-9H,10H2,(H2,24,26). The minimum absolute atomic E-state index is 0.0195. The van der Waals surface area contributed by atoms with Crippen molar-refractivity contribution in [3.05, 3.63) is 83.2 Å². The minimum Gasteiger partial charge on any atom is -0.366 e. The Morgan fingerprint density at radius 3 is 2.50 bits per heavy atom. The molecule has 0 fully saturated rings. The maximum absolute atomic E-state index is 14.6. The van der Waals surface area contributed by atoms with Crippen LogP contribution in [0.25, 0.3) is 21.8 Å². The summed E-state index contributed by atoms with van der Waals surface area (Å²) in [5.74, 6) is -2.61. The molecule has 4 aromatic rings. The number of carbonyl (C=O) groups excluding carboxylic acids is 1. The van der Waals surface area contributed by atoms with Crippen molar-refractivity contribution in [2.75, 3.05) is 0 Å². The maximum Gasteiger partial charge on any atom is 0.249 e. The number of halogens is 3. The van der Waals surface area contributed by atoms with Crippen molar-refractivity contribution in [1.82, 2.24) is 4.57 Å². The molecule has 1 radical (unpaired) electrons. The molecular weight excluding hydrogens is 341 g/mol. The van der Waals surface area contributed by atoms with Gasteiger partial charge in [0.05, 0.1) is 11.0 Å². The maximum atomic E-state index is 14.6. The number of primary amides is 1. The normalized spacial score (nSPS) is 11.3. The highest BCUT2D eigenvalue weighted by Gasteiger charge is 2.19. The summed E-state index contributed by atoms with van der Waals surface area (Å²) in [6.07, 6.45) is 0. The van der Waals surface area contributed by atoms with E-state index in [1.807, 2.05) is 0 Å². The highest BCUT2D eigenvalue weighted by molar-refractivity contribution is 6.17. The summed E-state index contributed by atoms with van der Waals surface area (Å²) in [5, 5.41) is 0.859. The fourth-order valence-corrected chi connectivity index (χ4v) is 3.32. The Hall–Kier alpha value is -3.28. The molecule has 3 aromatic carbocycles. The monoisotopic (exact) mass is 353 g/mol. The largest absolute Gasteiger partial charge is 0.366 e. The highest BCUT2D eigenvalue weighted by Crippen LogP contribution is 2.33. The Kier molecular flexibility index (Phi) is 3.68. The topological polar surface area (TPSA) is 48.0 Å². The second-order valence-corrected chi connectivity index (χ2v) is 5.98. The van der Waals surface area contributed by atoms with Gasteiger partial charge >= 0.3 is 0 Å². The van der Waals surface area contributed by atoms with Crippen LogP contribution in [0.15, 0.2) is 48.5 Å². The molecule has 1 aromatic heterocycles. The molecule has 26 heavy (non-hydrogen) atoms. The number of hydrogen-bond donors (Lipinski definition) is 1. The van der Waals surface area contributed by atoms with Crippen molar-refractivity contribution < 1.29 is 18.0 Å². The Bertz CT molecular complexity index is 1160. The van der Waals surface area contributed by atoms with Crippen LogP contribution in [0.2, 0.25) is 0 Å². The number of benzene rings is 3. The van der Waals surface area contributed by atoms with Crippen LogP contribution in [-0.2, 0) is 6.54 Å². The average molecular weight is 353 g/mol. The molecule has 3 nitrogen and oxygen atoms in total. The summed E-state index contributed by atoms with van der Waals surface area (Å²) in [7, 11) is 0. The average Bonchev–Trinajstić information content (AvgIpc) is 2.89. The summed E-state index contributed by atoms with van der Waals surface area (Å²) in [5.41, 5.74) is 6.74. The van der Waals surface area contributed by atoms with Gasteiger partial charge in [0.2, 0.25) is 5.91 Å². The third-order valence-corrected chi connectivity index (χ3v) is 4.30. The zero-order valence-electron chi connectivity index (χ0n) is 13.4. The van der Waals surface area contributed by atoms with E-state index in [-0.39, 0.29) is 17.6 Å². The number of rotatable bonds is 3. The van der Waals surface area contributed by atoms with Gasteiger partial charge in [-0.2, -0.15) is 0 Å². The fourth-order valence-electron chi connectivity index (χ4n) is 3.32. The van der Waals surface area contributed by atoms with Crippen molar-refractivity contribution >= 4 is 27.7 Å². The quantitative estimate of drug-likeness (QED) is 0.591. The number of hydrogen-bond acceptors (Lipinski definition) is 1. The number of amides is 1. The molecular formula is C20H12F3N2O. The molecule has 0 atom stereocenters. The Labute approximate surface area is 146 Å². The number of carbonyl (C=O) groups is 1. The van der Waals surface area contributed by atoms with Crippen LogP contribution in [0.5, 0.6) is 0 Å². The molecule has 0 spiro atoms. The van der Waals surface area contributed by atoms with Gasteiger partial charge in [0.1, 0.15) is 17.5 Å². The van der Waals surface area contributed by atoms with Gasteiger partial charge < -0.3 is 10.3 Å². The highest BCUT2D eigenvalue weighted by atomic mass is 19.1. The summed E-state index contributed by atoms with van der Waals surface area (Å²) in [6, 6.07) is 13.6.